The molecular weight excluding hydrogens is 635 g/mol. The molecule has 2 atom stereocenters. The van der Waals surface area contributed by atoms with Gasteiger partial charge in [-0.05, 0) is 86.1 Å². The Morgan fingerprint density at radius 2 is 1.55 bits per heavy atom. The van der Waals surface area contributed by atoms with E-state index in [2.05, 4.69) is 5.32 Å². The summed E-state index contributed by atoms with van der Waals surface area (Å²) in [6.45, 7) is 1.45. The molecule has 47 heavy (non-hydrogen) atoms. The molecule has 0 unspecified atom stereocenters. The van der Waals surface area contributed by atoms with E-state index in [-0.39, 0.29) is 61.5 Å². The van der Waals surface area contributed by atoms with Crippen LogP contribution in [0.5, 0.6) is 0 Å². The smallest absolute Gasteiger partial charge is 0.375 e. The third-order valence-electron chi connectivity index (χ3n) is 9.03. The summed E-state index contributed by atoms with van der Waals surface area (Å²) < 4.78 is 99.5. The molecule has 0 spiro atoms. The number of hydrogen-bond donors (Lipinski definition) is 1. The summed E-state index contributed by atoms with van der Waals surface area (Å²) in [6.07, 6.45) is -7.55. The van der Waals surface area contributed by atoms with Crippen molar-refractivity contribution in [1.82, 2.24) is 15.1 Å². The minimum absolute atomic E-state index is 0.0370. The Labute approximate surface area is 268 Å². The summed E-state index contributed by atoms with van der Waals surface area (Å²) in [4.78, 5) is 42.2. The van der Waals surface area contributed by atoms with E-state index in [0.29, 0.717) is 48.9 Å². The van der Waals surface area contributed by atoms with Crippen LogP contribution in [0.3, 0.4) is 0 Å². The highest BCUT2D eigenvalue weighted by Crippen LogP contribution is 2.39. The average Bonchev–Trinajstić information content (AvgIpc) is 2.99. The number of nitrogens with zero attached hydrogens (tertiary/aromatic N) is 2. The highest BCUT2D eigenvalue weighted by molar-refractivity contribution is 5.82. The van der Waals surface area contributed by atoms with Crippen molar-refractivity contribution < 1.29 is 49.9 Å². The molecule has 0 radical (unpaired) electrons. The van der Waals surface area contributed by atoms with Gasteiger partial charge in [0.25, 0.3) is 0 Å². The SMILES string of the molecule is COCC(=O)NC1CCC(C(=O)N2CC[C@@H](C(=O)N(C)Cc3cc(C(F)(F)F)cc(C(F)(F)F)c3)[C@H](c3ccc(F)cc3C)C2)CC1. The number of halogens is 7. The van der Waals surface area contributed by atoms with Crippen molar-refractivity contribution in [1.29, 1.82) is 0 Å². The number of ether oxygens (including phenoxy) is 1. The van der Waals surface area contributed by atoms with Crippen LogP contribution in [-0.4, -0.2) is 67.4 Å². The number of benzene rings is 2. The maximum atomic E-state index is 14.0. The van der Waals surface area contributed by atoms with Crippen LogP contribution in [0.2, 0.25) is 0 Å². The third kappa shape index (κ3) is 9.02. The van der Waals surface area contributed by atoms with Crippen molar-refractivity contribution in [2.75, 3.05) is 33.9 Å². The number of likely N-dealkylation sites (tertiary alicyclic amines) is 1. The molecule has 14 heteroatoms. The highest BCUT2D eigenvalue weighted by atomic mass is 19.4. The second-order valence-electron chi connectivity index (χ2n) is 12.4. The van der Waals surface area contributed by atoms with Crippen LogP contribution in [0.25, 0.3) is 0 Å². The van der Waals surface area contributed by atoms with Gasteiger partial charge >= 0.3 is 12.4 Å². The summed E-state index contributed by atoms with van der Waals surface area (Å²) in [6, 6.07) is 5.25. The van der Waals surface area contributed by atoms with Gasteiger partial charge in [-0.2, -0.15) is 26.3 Å². The summed E-state index contributed by atoms with van der Waals surface area (Å²) in [5.41, 5.74) is -2.11. The molecule has 1 aliphatic heterocycles. The van der Waals surface area contributed by atoms with Crippen molar-refractivity contribution in [3.05, 3.63) is 70.0 Å². The zero-order valence-electron chi connectivity index (χ0n) is 26.3. The molecular formula is C33H38F7N3O4. The summed E-state index contributed by atoms with van der Waals surface area (Å²) in [5.74, 6) is -2.99. The number of carbonyl (C=O) groups excluding carboxylic acids is 3. The Balaban J connectivity index is 1.53. The van der Waals surface area contributed by atoms with E-state index in [4.69, 9.17) is 4.74 Å². The zero-order valence-corrected chi connectivity index (χ0v) is 26.3. The number of methoxy groups -OCH3 is 1. The lowest BCUT2D eigenvalue weighted by Gasteiger charge is -2.42. The third-order valence-corrected chi connectivity index (χ3v) is 9.03. The number of amides is 3. The van der Waals surface area contributed by atoms with Crippen molar-refractivity contribution in [2.45, 2.75) is 69.9 Å². The van der Waals surface area contributed by atoms with E-state index < -0.39 is 53.6 Å². The summed E-state index contributed by atoms with van der Waals surface area (Å²) in [5, 5.41) is 2.89. The Hall–Kier alpha value is -3.68. The molecule has 0 bridgehead atoms. The maximum Gasteiger partial charge on any atom is 0.416 e. The van der Waals surface area contributed by atoms with Crippen molar-refractivity contribution in [2.24, 2.45) is 11.8 Å². The lowest BCUT2D eigenvalue weighted by Crippen LogP contribution is -2.50. The predicted octanol–water partition coefficient (Wildman–Crippen LogP) is 6.08. The van der Waals surface area contributed by atoms with Crippen LogP contribution in [0, 0.1) is 24.6 Å². The molecule has 1 saturated heterocycles. The van der Waals surface area contributed by atoms with E-state index in [1.807, 2.05) is 0 Å². The molecule has 2 aliphatic rings. The summed E-state index contributed by atoms with van der Waals surface area (Å²) in [7, 11) is 2.74. The molecule has 1 heterocycles. The standard InChI is InChI=1S/C33H38F7N3O4/c1-19-12-24(34)6-9-26(19)28-17-43(30(45)21-4-7-25(8-5-21)41-29(44)18-47-3)11-10-27(28)31(46)42(2)16-20-13-22(32(35,36)37)15-23(14-20)33(38,39)40/h6,9,12-15,21,25,27-28H,4-5,7-8,10-11,16-18H2,1-3H3,(H,41,44)/t21?,25?,27-,28+/m1/s1. The molecule has 1 aliphatic carbocycles. The molecule has 1 N–H and O–H groups in total. The monoisotopic (exact) mass is 673 g/mol. The minimum atomic E-state index is -5.03. The van der Waals surface area contributed by atoms with Gasteiger partial charge in [0.15, 0.2) is 0 Å². The molecule has 258 valence electrons. The van der Waals surface area contributed by atoms with E-state index in [0.717, 1.165) is 4.90 Å². The number of nitrogens with one attached hydrogen (secondary N) is 1. The van der Waals surface area contributed by atoms with Gasteiger partial charge in [-0.3, -0.25) is 14.4 Å². The van der Waals surface area contributed by atoms with Gasteiger partial charge in [0.05, 0.1) is 11.1 Å². The molecule has 2 aromatic rings. The first kappa shape index (κ1) is 36.2. The van der Waals surface area contributed by atoms with Crippen LogP contribution in [0.15, 0.2) is 36.4 Å². The van der Waals surface area contributed by atoms with Gasteiger partial charge in [0, 0.05) is 57.6 Å². The minimum Gasteiger partial charge on any atom is -0.375 e. The number of carbonyl (C=O) groups is 3. The largest absolute Gasteiger partial charge is 0.416 e. The van der Waals surface area contributed by atoms with Gasteiger partial charge in [-0.1, -0.05) is 6.07 Å². The number of aryl methyl sites for hydroxylation is 1. The number of rotatable bonds is 8. The summed E-state index contributed by atoms with van der Waals surface area (Å²) >= 11 is 0. The van der Waals surface area contributed by atoms with E-state index in [1.54, 1.807) is 17.9 Å². The van der Waals surface area contributed by atoms with Gasteiger partial charge in [-0.25, -0.2) is 4.39 Å². The van der Waals surface area contributed by atoms with Gasteiger partial charge in [0.1, 0.15) is 12.4 Å². The van der Waals surface area contributed by atoms with Crippen molar-refractivity contribution in [3.8, 4) is 0 Å². The first-order valence-corrected chi connectivity index (χ1v) is 15.3. The highest BCUT2D eigenvalue weighted by Gasteiger charge is 2.41. The fourth-order valence-electron chi connectivity index (χ4n) is 6.71. The van der Waals surface area contributed by atoms with Gasteiger partial charge < -0.3 is 19.9 Å². The Morgan fingerprint density at radius 1 is 0.936 bits per heavy atom. The fourth-order valence-corrected chi connectivity index (χ4v) is 6.71. The fraction of sp³-hybridized carbons (Fsp3) is 0.545. The molecule has 2 aromatic carbocycles. The lowest BCUT2D eigenvalue weighted by atomic mass is 9.77. The van der Waals surface area contributed by atoms with E-state index in [1.165, 1.54) is 26.3 Å². The molecule has 1 saturated carbocycles. The van der Waals surface area contributed by atoms with E-state index >= 15 is 0 Å². The Bertz CT molecular complexity index is 1420. The van der Waals surface area contributed by atoms with E-state index in [9.17, 15) is 45.1 Å². The van der Waals surface area contributed by atoms with Crippen LogP contribution in [-0.2, 0) is 38.0 Å². The molecule has 3 amide bonds. The Morgan fingerprint density at radius 3 is 2.11 bits per heavy atom. The number of alkyl halides is 6. The van der Waals surface area contributed by atoms with Crippen LogP contribution in [0.1, 0.15) is 65.8 Å². The van der Waals surface area contributed by atoms with Crippen molar-refractivity contribution in [3.63, 3.8) is 0 Å². The number of hydrogen-bond acceptors (Lipinski definition) is 4. The molecule has 0 aromatic heterocycles. The first-order valence-electron chi connectivity index (χ1n) is 15.3. The average molecular weight is 674 g/mol. The molecule has 2 fully saturated rings. The zero-order chi connectivity index (χ0) is 34.7. The second-order valence-corrected chi connectivity index (χ2v) is 12.4. The number of piperidine rings is 1. The molecule has 7 nitrogen and oxygen atoms in total. The topological polar surface area (TPSA) is 79.0 Å². The quantitative estimate of drug-likeness (QED) is 0.345. The lowest BCUT2D eigenvalue weighted by molar-refractivity contribution is -0.144. The van der Waals surface area contributed by atoms with Crippen LogP contribution >= 0.6 is 0 Å². The normalized spacial score (nSPS) is 22.1. The van der Waals surface area contributed by atoms with Crippen LogP contribution < -0.4 is 5.32 Å². The predicted molar refractivity (Wildman–Crippen MR) is 157 cm³/mol. The second kappa shape index (κ2) is 14.6. The molecule has 4 rings (SSSR count). The van der Waals surface area contributed by atoms with Gasteiger partial charge in [-0.15, -0.1) is 0 Å². The first-order chi connectivity index (χ1) is 22.0. The van der Waals surface area contributed by atoms with Gasteiger partial charge in [0.2, 0.25) is 17.7 Å². The Kier molecular flexibility index (Phi) is 11.2. The maximum absolute atomic E-state index is 14.0. The van der Waals surface area contributed by atoms with Crippen LogP contribution in [0.4, 0.5) is 30.7 Å². The van der Waals surface area contributed by atoms with Crippen molar-refractivity contribution >= 4 is 17.7 Å².